The summed E-state index contributed by atoms with van der Waals surface area (Å²) in [6.45, 7) is 13.4. The van der Waals surface area contributed by atoms with Crippen molar-refractivity contribution in [2.45, 2.75) is 52.4 Å². The van der Waals surface area contributed by atoms with Crippen LogP contribution in [0.1, 0.15) is 58.2 Å². The fraction of sp³-hybridized carbons (Fsp3) is 0.178. The second-order valence-electron chi connectivity index (χ2n) is 15.2. The molecule has 2 heterocycles. The molecule has 49 heavy (non-hydrogen) atoms. The minimum Gasteiger partial charge on any atom is -0.308 e. The van der Waals surface area contributed by atoms with Crippen molar-refractivity contribution in [2.75, 3.05) is 0 Å². The van der Waals surface area contributed by atoms with Crippen LogP contribution in [0.5, 0.6) is 0 Å². The molecule has 0 N–H and O–H groups in total. The monoisotopic (exact) mass is 639 g/mol. The minimum absolute atomic E-state index is 0.0671. The Bertz CT molecular complexity index is 2480. The van der Waals surface area contributed by atoms with Crippen molar-refractivity contribution in [2.24, 2.45) is 0 Å². The summed E-state index contributed by atoms with van der Waals surface area (Å²) in [5.74, 6) is -0.285. The zero-order valence-corrected chi connectivity index (χ0v) is 28.8. The average Bonchev–Trinajstić information content (AvgIpc) is 3.59. The van der Waals surface area contributed by atoms with E-state index in [1.807, 2.05) is 12.1 Å². The molecule has 0 spiro atoms. The Balaban J connectivity index is 1.56. The van der Waals surface area contributed by atoms with Crippen molar-refractivity contribution in [3.05, 3.63) is 144 Å². The van der Waals surface area contributed by atoms with Crippen LogP contribution < -0.4 is 0 Å². The first-order valence-electron chi connectivity index (χ1n) is 16.9. The maximum Gasteiger partial charge on any atom is 0.123 e. The Hall–Kier alpha value is -5.66. The first-order valence-corrected chi connectivity index (χ1v) is 16.9. The summed E-state index contributed by atoms with van der Waals surface area (Å²) < 4.78 is 18.7. The summed E-state index contributed by atoms with van der Waals surface area (Å²) >= 11 is 0. The topological polar surface area (TPSA) is 33.6 Å². The van der Waals surface area contributed by atoms with E-state index in [0.29, 0.717) is 5.56 Å². The summed E-state index contributed by atoms with van der Waals surface area (Å²) in [4.78, 5) is 0. The largest absolute Gasteiger partial charge is 0.308 e. The van der Waals surface area contributed by atoms with Gasteiger partial charge in [0.25, 0.3) is 0 Å². The summed E-state index contributed by atoms with van der Waals surface area (Å²) in [6, 6.07) is 43.7. The number of para-hydroxylation sites is 2. The standard InChI is InChI=1S/C45H38FN3/c1-44(2,3)30-17-21-35-33-11-7-9-13-38(33)48(42(35)25-30)40-23-29(28-15-19-32(46)20-16-28)24-41(37(40)27-47)49-39-14-10-8-12-34(39)36-22-18-31(26-43(36)49)45(4,5)6/h7-26H,1-6H3. The van der Waals surface area contributed by atoms with E-state index in [2.05, 4.69) is 154 Å². The van der Waals surface area contributed by atoms with E-state index in [4.69, 9.17) is 0 Å². The van der Waals surface area contributed by atoms with Crippen LogP contribution in [-0.4, -0.2) is 9.13 Å². The Morgan fingerprint density at radius 2 is 0.918 bits per heavy atom. The molecule has 6 aromatic carbocycles. The van der Waals surface area contributed by atoms with Crippen LogP contribution in [0.3, 0.4) is 0 Å². The van der Waals surface area contributed by atoms with Gasteiger partial charge in [0.05, 0.1) is 33.4 Å². The Labute approximate surface area is 286 Å². The van der Waals surface area contributed by atoms with Gasteiger partial charge in [0.2, 0.25) is 0 Å². The van der Waals surface area contributed by atoms with Gasteiger partial charge in [0, 0.05) is 21.5 Å². The molecule has 0 aliphatic rings. The molecule has 0 aliphatic heterocycles. The van der Waals surface area contributed by atoms with Crippen molar-refractivity contribution in [1.29, 1.82) is 5.26 Å². The third-order valence-electron chi connectivity index (χ3n) is 9.95. The molecule has 0 saturated heterocycles. The van der Waals surface area contributed by atoms with E-state index in [1.165, 1.54) is 23.3 Å². The number of aromatic nitrogens is 2. The maximum atomic E-state index is 14.2. The van der Waals surface area contributed by atoms with Gasteiger partial charge in [0.15, 0.2) is 0 Å². The first-order chi connectivity index (χ1) is 23.4. The molecule has 0 amide bonds. The van der Waals surface area contributed by atoms with Gasteiger partial charge in [0.1, 0.15) is 17.4 Å². The van der Waals surface area contributed by atoms with Crippen LogP contribution in [0.4, 0.5) is 4.39 Å². The lowest BCUT2D eigenvalue weighted by Gasteiger charge is -2.21. The maximum absolute atomic E-state index is 14.2. The number of fused-ring (bicyclic) bond motifs is 6. The van der Waals surface area contributed by atoms with Gasteiger partial charge in [-0.15, -0.1) is 0 Å². The predicted molar refractivity (Wildman–Crippen MR) is 203 cm³/mol. The number of nitrogens with zero attached hydrogens (tertiary/aromatic N) is 3. The van der Waals surface area contributed by atoms with Gasteiger partial charge in [-0.05, 0) is 81.6 Å². The molecule has 0 unspecified atom stereocenters. The zero-order chi connectivity index (χ0) is 34.2. The van der Waals surface area contributed by atoms with Crippen LogP contribution in [-0.2, 0) is 10.8 Å². The molecule has 240 valence electrons. The van der Waals surface area contributed by atoms with Crippen LogP contribution in [0.15, 0.2) is 121 Å². The fourth-order valence-corrected chi connectivity index (χ4v) is 7.28. The second-order valence-corrected chi connectivity index (χ2v) is 15.2. The van der Waals surface area contributed by atoms with Gasteiger partial charge >= 0.3 is 0 Å². The van der Waals surface area contributed by atoms with Crippen molar-refractivity contribution >= 4 is 43.6 Å². The van der Waals surface area contributed by atoms with E-state index in [1.54, 1.807) is 0 Å². The molecule has 2 aromatic heterocycles. The molecule has 3 nitrogen and oxygen atoms in total. The fourth-order valence-electron chi connectivity index (χ4n) is 7.28. The Kier molecular flexibility index (Phi) is 6.84. The van der Waals surface area contributed by atoms with E-state index in [9.17, 15) is 9.65 Å². The van der Waals surface area contributed by atoms with Crippen molar-refractivity contribution in [1.82, 2.24) is 9.13 Å². The lowest BCUT2D eigenvalue weighted by molar-refractivity contribution is 0.590. The van der Waals surface area contributed by atoms with Gasteiger partial charge in [-0.1, -0.05) is 114 Å². The lowest BCUT2D eigenvalue weighted by Crippen LogP contribution is -2.11. The number of rotatable bonds is 3. The van der Waals surface area contributed by atoms with E-state index in [0.717, 1.165) is 66.1 Å². The summed E-state index contributed by atoms with van der Waals surface area (Å²) in [5, 5.41) is 15.7. The molecule has 0 saturated carbocycles. The molecular formula is C45H38FN3. The SMILES string of the molecule is CC(C)(C)c1ccc2c3ccccc3n(-c3cc(-c4ccc(F)cc4)cc(-n4c5ccccc5c5ccc(C(C)(C)C)cc54)c3C#N)c2c1. The quantitative estimate of drug-likeness (QED) is 0.189. The van der Waals surface area contributed by atoms with Crippen LogP contribution in [0.25, 0.3) is 66.1 Å². The summed E-state index contributed by atoms with van der Waals surface area (Å²) in [5.41, 5.74) is 10.4. The molecular weight excluding hydrogens is 602 g/mol. The van der Waals surface area contributed by atoms with Gasteiger partial charge in [-0.25, -0.2) is 4.39 Å². The number of nitriles is 1. The molecule has 4 heteroatoms. The van der Waals surface area contributed by atoms with Crippen molar-refractivity contribution in [3.8, 4) is 28.6 Å². The van der Waals surface area contributed by atoms with Crippen LogP contribution in [0.2, 0.25) is 0 Å². The molecule has 8 aromatic rings. The highest BCUT2D eigenvalue weighted by Gasteiger charge is 2.24. The number of benzene rings is 6. The molecule has 0 bridgehead atoms. The van der Waals surface area contributed by atoms with Crippen LogP contribution >= 0.6 is 0 Å². The average molecular weight is 640 g/mol. The molecule has 0 fully saturated rings. The molecule has 0 radical (unpaired) electrons. The number of hydrogen-bond acceptors (Lipinski definition) is 1. The minimum atomic E-state index is -0.285. The van der Waals surface area contributed by atoms with Crippen molar-refractivity contribution < 1.29 is 4.39 Å². The number of hydrogen-bond donors (Lipinski definition) is 0. The lowest BCUT2D eigenvalue weighted by atomic mass is 9.86. The highest BCUT2D eigenvalue weighted by molar-refractivity contribution is 6.11. The predicted octanol–water partition coefficient (Wildman–Crippen LogP) is 12.2. The third kappa shape index (κ3) is 4.92. The zero-order valence-electron chi connectivity index (χ0n) is 28.8. The van der Waals surface area contributed by atoms with Crippen LogP contribution in [0, 0.1) is 17.1 Å². The van der Waals surface area contributed by atoms with Gasteiger partial charge in [-0.3, -0.25) is 0 Å². The second kappa shape index (κ2) is 10.9. The third-order valence-corrected chi connectivity index (χ3v) is 9.95. The van der Waals surface area contributed by atoms with Crippen molar-refractivity contribution in [3.63, 3.8) is 0 Å². The highest BCUT2D eigenvalue weighted by atomic mass is 19.1. The van der Waals surface area contributed by atoms with Gasteiger partial charge in [-0.2, -0.15) is 5.26 Å². The van der Waals surface area contributed by atoms with Gasteiger partial charge < -0.3 is 9.13 Å². The summed E-state index contributed by atoms with van der Waals surface area (Å²) in [7, 11) is 0. The first kappa shape index (κ1) is 30.7. The molecule has 0 aliphatic carbocycles. The Morgan fingerprint density at radius 3 is 1.35 bits per heavy atom. The molecule has 0 atom stereocenters. The summed E-state index contributed by atoms with van der Waals surface area (Å²) in [6.07, 6.45) is 0. The highest BCUT2D eigenvalue weighted by Crippen LogP contribution is 2.41. The number of halogens is 1. The van der Waals surface area contributed by atoms with E-state index >= 15 is 0 Å². The van der Waals surface area contributed by atoms with E-state index in [-0.39, 0.29) is 16.6 Å². The Morgan fingerprint density at radius 1 is 0.490 bits per heavy atom. The smallest absolute Gasteiger partial charge is 0.123 e. The molecule has 8 rings (SSSR count). The van der Waals surface area contributed by atoms with E-state index < -0.39 is 0 Å². The normalized spacial score (nSPS) is 12.4.